The van der Waals surface area contributed by atoms with Gasteiger partial charge in [0.15, 0.2) is 5.60 Å². The summed E-state index contributed by atoms with van der Waals surface area (Å²) in [5, 5.41) is 19.8. The van der Waals surface area contributed by atoms with E-state index in [0.29, 0.717) is 22.0 Å². The van der Waals surface area contributed by atoms with E-state index in [2.05, 4.69) is 10.3 Å². The highest BCUT2D eigenvalue weighted by atomic mass is 35.5. The van der Waals surface area contributed by atoms with E-state index < -0.39 is 11.5 Å². The fourth-order valence-electron chi connectivity index (χ4n) is 3.29. The summed E-state index contributed by atoms with van der Waals surface area (Å²) >= 11 is 6.07. The maximum atomic E-state index is 12.7. The molecule has 0 radical (unpaired) electrons. The largest absolute Gasteiger partial charge is 0.497 e. The molecule has 1 aromatic heterocycles. The topological polar surface area (TPSA) is 80.5 Å². The quantitative estimate of drug-likeness (QED) is 0.747. The number of anilines is 1. The average Bonchev–Trinajstić information content (AvgIpc) is 3.20. The lowest BCUT2D eigenvalue weighted by Gasteiger charge is -2.21. The Morgan fingerprint density at radius 1 is 1.22 bits per heavy atom. The molecule has 0 spiro atoms. The van der Waals surface area contributed by atoms with Crippen molar-refractivity contribution < 1.29 is 14.6 Å². The maximum Gasteiger partial charge on any atom is 0.265 e. The second kappa shape index (κ2) is 6.37. The molecular weight excluding hydrogens is 368 g/mol. The van der Waals surface area contributed by atoms with Gasteiger partial charge >= 0.3 is 0 Å². The van der Waals surface area contributed by atoms with Crippen LogP contribution in [-0.2, 0) is 16.9 Å². The number of halogens is 1. The molecule has 0 saturated carbocycles. The Balaban J connectivity index is 1.65. The maximum absolute atomic E-state index is 12.7. The molecule has 0 saturated heterocycles. The van der Waals surface area contributed by atoms with Gasteiger partial charge < -0.3 is 14.7 Å². The number of fused-ring (bicyclic) bond motifs is 1. The van der Waals surface area contributed by atoms with Crippen molar-refractivity contribution in [3.8, 4) is 17.0 Å². The van der Waals surface area contributed by atoms with Crippen LogP contribution in [0.3, 0.4) is 0 Å². The van der Waals surface area contributed by atoms with Crippen molar-refractivity contribution in [3.05, 3.63) is 59.2 Å². The van der Waals surface area contributed by atoms with Gasteiger partial charge in [0.25, 0.3) is 5.91 Å². The molecule has 2 heterocycles. The Morgan fingerprint density at radius 2 is 1.96 bits per heavy atom. The third-order valence-corrected chi connectivity index (χ3v) is 4.97. The normalized spacial score (nSPS) is 18.7. The highest BCUT2D eigenvalue weighted by Crippen LogP contribution is 2.41. The number of rotatable bonds is 4. The Morgan fingerprint density at radius 3 is 2.67 bits per heavy atom. The second-order valence-electron chi connectivity index (χ2n) is 6.42. The van der Waals surface area contributed by atoms with Crippen molar-refractivity contribution >= 4 is 23.2 Å². The van der Waals surface area contributed by atoms with E-state index in [-0.39, 0.29) is 6.54 Å². The summed E-state index contributed by atoms with van der Waals surface area (Å²) in [6.45, 7) is -0.0628. The first-order valence-electron chi connectivity index (χ1n) is 8.27. The fourth-order valence-corrected chi connectivity index (χ4v) is 3.46. The van der Waals surface area contributed by atoms with Crippen molar-refractivity contribution in [2.24, 2.45) is 0 Å². The highest BCUT2D eigenvalue weighted by molar-refractivity contribution is 6.31. The lowest BCUT2D eigenvalue weighted by Crippen LogP contribution is -2.42. The number of nitrogens with zero attached hydrogens (tertiary/aromatic N) is 4. The molecule has 2 aromatic carbocycles. The van der Waals surface area contributed by atoms with Gasteiger partial charge in [-0.3, -0.25) is 4.79 Å². The highest BCUT2D eigenvalue weighted by Gasteiger charge is 2.49. The Labute approximate surface area is 160 Å². The van der Waals surface area contributed by atoms with Crippen LogP contribution in [0.4, 0.5) is 5.69 Å². The Kier molecular flexibility index (Phi) is 4.13. The predicted octanol–water partition coefficient (Wildman–Crippen LogP) is 2.47. The number of aromatic nitrogens is 3. The van der Waals surface area contributed by atoms with Crippen LogP contribution in [-0.4, -0.2) is 40.2 Å². The molecule has 0 bridgehead atoms. The molecule has 7 nitrogen and oxygen atoms in total. The monoisotopic (exact) mass is 384 g/mol. The van der Waals surface area contributed by atoms with Gasteiger partial charge in [0.05, 0.1) is 25.5 Å². The van der Waals surface area contributed by atoms with Crippen molar-refractivity contribution in [2.75, 3.05) is 19.1 Å². The lowest BCUT2D eigenvalue weighted by atomic mass is 9.95. The molecule has 1 atom stereocenters. The van der Waals surface area contributed by atoms with Crippen LogP contribution in [0.2, 0.25) is 5.02 Å². The summed E-state index contributed by atoms with van der Waals surface area (Å²) in [7, 11) is 3.23. The third-order valence-electron chi connectivity index (χ3n) is 4.74. The first-order chi connectivity index (χ1) is 12.9. The van der Waals surface area contributed by atoms with E-state index in [9.17, 15) is 9.90 Å². The van der Waals surface area contributed by atoms with Crippen molar-refractivity contribution in [1.82, 2.24) is 15.0 Å². The summed E-state index contributed by atoms with van der Waals surface area (Å²) in [5.41, 5.74) is 0.824. The number of hydrogen-bond acceptors (Lipinski definition) is 5. The molecule has 8 heteroatoms. The number of hydrogen-bond donors (Lipinski definition) is 1. The van der Waals surface area contributed by atoms with Crippen LogP contribution in [0.25, 0.3) is 11.3 Å². The van der Waals surface area contributed by atoms with Crippen molar-refractivity contribution in [3.63, 3.8) is 0 Å². The zero-order valence-electron chi connectivity index (χ0n) is 14.8. The van der Waals surface area contributed by atoms with Crippen LogP contribution in [0, 0.1) is 0 Å². The van der Waals surface area contributed by atoms with E-state index >= 15 is 0 Å². The standard InChI is InChI=1S/C19H17ClN4O3/c1-23-17-8-5-13(20)9-15(17)19(26,18(23)25)11-24-10-16(21-22-24)12-3-6-14(27-2)7-4-12/h3-10,26H,11H2,1-2H3. The predicted molar refractivity (Wildman–Crippen MR) is 101 cm³/mol. The number of methoxy groups -OCH3 is 1. The smallest absolute Gasteiger partial charge is 0.265 e. The SMILES string of the molecule is COc1ccc(-c2cn(CC3(O)C(=O)N(C)c4ccc(Cl)cc43)nn2)cc1. The number of aliphatic hydroxyl groups is 1. The van der Waals surface area contributed by atoms with Gasteiger partial charge in [0.1, 0.15) is 11.4 Å². The van der Waals surface area contributed by atoms with E-state index in [0.717, 1.165) is 11.3 Å². The van der Waals surface area contributed by atoms with E-state index in [4.69, 9.17) is 16.3 Å². The van der Waals surface area contributed by atoms with Gasteiger partial charge in [-0.25, -0.2) is 4.68 Å². The summed E-state index contributed by atoms with van der Waals surface area (Å²) in [6, 6.07) is 12.4. The first kappa shape index (κ1) is 17.5. The lowest BCUT2D eigenvalue weighted by molar-refractivity contribution is -0.137. The number of ether oxygens (including phenoxy) is 1. The molecule has 1 aliphatic heterocycles. The third kappa shape index (κ3) is 2.85. The van der Waals surface area contributed by atoms with Gasteiger partial charge in [-0.15, -0.1) is 5.10 Å². The second-order valence-corrected chi connectivity index (χ2v) is 6.85. The average molecular weight is 385 g/mol. The summed E-state index contributed by atoms with van der Waals surface area (Å²) in [6.07, 6.45) is 1.69. The van der Waals surface area contributed by atoms with Crippen LogP contribution < -0.4 is 9.64 Å². The molecule has 138 valence electrons. The molecule has 0 aliphatic carbocycles. The van der Waals surface area contributed by atoms with Crippen LogP contribution >= 0.6 is 11.6 Å². The van der Waals surface area contributed by atoms with Gasteiger partial charge in [0.2, 0.25) is 0 Å². The van der Waals surface area contributed by atoms with Crippen molar-refractivity contribution in [1.29, 1.82) is 0 Å². The van der Waals surface area contributed by atoms with Crippen LogP contribution in [0.5, 0.6) is 5.75 Å². The molecule has 3 aromatic rings. The molecule has 27 heavy (non-hydrogen) atoms. The number of carbonyl (C=O) groups is 1. The first-order valence-corrected chi connectivity index (χ1v) is 8.65. The van der Waals surface area contributed by atoms with Gasteiger partial charge in [0, 0.05) is 23.2 Å². The van der Waals surface area contributed by atoms with Crippen LogP contribution in [0.1, 0.15) is 5.56 Å². The fraction of sp³-hybridized carbons (Fsp3) is 0.211. The van der Waals surface area contributed by atoms with Crippen LogP contribution in [0.15, 0.2) is 48.7 Å². The van der Waals surface area contributed by atoms with Crippen molar-refractivity contribution in [2.45, 2.75) is 12.1 Å². The number of likely N-dealkylation sites (N-methyl/N-ethyl adjacent to an activating group) is 1. The van der Waals surface area contributed by atoms with E-state index in [1.54, 1.807) is 38.6 Å². The Hall–Kier alpha value is -2.90. The van der Waals surface area contributed by atoms with E-state index in [1.807, 2.05) is 24.3 Å². The minimum Gasteiger partial charge on any atom is -0.497 e. The number of carbonyl (C=O) groups excluding carboxylic acids is 1. The zero-order valence-corrected chi connectivity index (χ0v) is 15.5. The minimum atomic E-state index is -1.75. The molecule has 1 unspecified atom stereocenters. The van der Waals surface area contributed by atoms with E-state index in [1.165, 1.54) is 9.58 Å². The molecule has 0 fully saturated rings. The number of amides is 1. The van der Waals surface area contributed by atoms with Gasteiger partial charge in [-0.05, 0) is 42.5 Å². The molecule has 1 amide bonds. The number of benzene rings is 2. The minimum absolute atomic E-state index is 0.0628. The summed E-state index contributed by atoms with van der Waals surface area (Å²) < 4.78 is 6.61. The molecule has 1 N–H and O–H groups in total. The zero-order chi connectivity index (χ0) is 19.2. The summed E-state index contributed by atoms with van der Waals surface area (Å²) in [5.74, 6) is 0.315. The molecule has 1 aliphatic rings. The van der Waals surface area contributed by atoms with Gasteiger partial charge in [-0.1, -0.05) is 16.8 Å². The van der Waals surface area contributed by atoms with Gasteiger partial charge in [-0.2, -0.15) is 0 Å². The summed E-state index contributed by atoms with van der Waals surface area (Å²) in [4.78, 5) is 14.1. The molecular formula is C19H17ClN4O3. The molecule has 4 rings (SSSR count). The Bertz CT molecular complexity index is 1020.